The van der Waals surface area contributed by atoms with E-state index in [1.807, 2.05) is 0 Å². The molecule has 2 N–H and O–H groups in total. The van der Waals surface area contributed by atoms with Gasteiger partial charge in [-0.2, -0.15) is 0 Å². The van der Waals surface area contributed by atoms with Crippen LogP contribution in [-0.4, -0.2) is 30.6 Å². The third-order valence-corrected chi connectivity index (χ3v) is 4.74. The van der Waals surface area contributed by atoms with Gasteiger partial charge in [-0.05, 0) is 23.5 Å². The van der Waals surface area contributed by atoms with E-state index in [1.54, 1.807) is 0 Å². The summed E-state index contributed by atoms with van der Waals surface area (Å²) in [5, 5.41) is 0. The van der Waals surface area contributed by atoms with Gasteiger partial charge in [0.25, 0.3) is 0 Å². The molecular formula is C16H24N2O. The van der Waals surface area contributed by atoms with Gasteiger partial charge in [-0.1, -0.05) is 37.6 Å². The monoisotopic (exact) mass is 260 g/mol. The van der Waals surface area contributed by atoms with E-state index < -0.39 is 0 Å². The maximum Gasteiger partial charge on any atom is 0.0721 e. The van der Waals surface area contributed by atoms with Crippen LogP contribution in [0.4, 0.5) is 0 Å². The van der Waals surface area contributed by atoms with Crippen molar-refractivity contribution in [1.29, 1.82) is 0 Å². The molecule has 3 heteroatoms. The summed E-state index contributed by atoms with van der Waals surface area (Å²) in [5.74, 6) is 0.628. The zero-order valence-electron chi connectivity index (χ0n) is 11.7. The number of benzene rings is 1. The molecule has 104 valence electrons. The van der Waals surface area contributed by atoms with E-state index in [4.69, 9.17) is 10.5 Å². The van der Waals surface area contributed by atoms with Gasteiger partial charge in [0.2, 0.25) is 0 Å². The first-order valence-corrected chi connectivity index (χ1v) is 7.44. The number of nitrogens with two attached hydrogens (primary N) is 1. The lowest BCUT2D eigenvalue weighted by molar-refractivity contribution is 0.0106. The fourth-order valence-corrected chi connectivity index (χ4v) is 3.46. The molecule has 3 atom stereocenters. The molecule has 2 aliphatic heterocycles. The summed E-state index contributed by atoms with van der Waals surface area (Å²) >= 11 is 0. The van der Waals surface area contributed by atoms with Crippen LogP contribution in [0.3, 0.4) is 0 Å². The van der Waals surface area contributed by atoms with Crippen molar-refractivity contribution in [1.82, 2.24) is 4.90 Å². The Labute approximate surface area is 115 Å². The fourth-order valence-electron chi connectivity index (χ4n) is 3.46. The molecule has 0 radical (unpaired) electrons. The van der Waals surface area contributed by atoms with Crippen LogP contribution in [0.25, 0.3) is 0 Å². The highest BCUT2D eigenvalue weighted by Gasteiger charge is 2.32. The first-order chi connectivity index (χ1) is 9.29. The van der Waals surface area contributed by atoms with Crippen molar-refractivity contribution in [2.24, 2.45) is 11.7 Å². The predicted octanol–water partition coefficient (Wildman–Crippen LogP) is 2.32. The van der Waals surface area contributed by atoms with Crippen LogP contribution in [0.5, 0.6) is 0 Å². The molecular weight excluding hydrogens is 236 g/mol. The Morgan fingerprint density at radius 1 is 1.37 bits per heavy atom. The molecule has 1 aromatic rings. The van der Waals surface area contributed by atoms with Crippen LogP contribution in [0.1, 0.15) is 36.9 Å². The minimum atomic E-state index is 0.376. The third kappa shape index (κ3) is 2.55. The Morgan fingerprint density at radius 2 is 2.21 bits per heavy atom. The highest BCUT2D eigenvalue weighted by Crippen LogP contribution is 2.32. The van der Waals surface area contributed by atoms with Gasteiger partial charge >= 0.3 is 0 Å². The summed E-state index contributed by atoms with van der Waals surface area (Å²) < 4.78 is 5.78. The predicted molar refractivity (Wildman–Crippen MR) is 76.8 cm³/mol. The van der Waals surface area contributed by atoms with Crippen molar-refractivity contribution in [3.05, 3.63) is 35.4 Å². The van der Waals surface area contributed by atoms with Crippen molar-refractivity contribution in [3.8, 4) is 0 Å². The number of hydrogen-bond acceptors (Lipinski definition) is 3. The average Bonchev–Trinajstić information content (AvgIpc) is 2.47. The van der Waals surface area contributed by atoms with Gasteiger partial charge in [-0.3, -0.25) is 4.90 Å². The molecule has 0 bridgehead atoms. The molecule has 3 nitrogen and oxygen atoms in total. The smallest absolute Gasteiger partial charge is 0.0721 e. The SMILES string of the molecule is CCC1CN(C2COCc3ccccc32)CCC1N. The van der Waals surface area contributed by atoms with Crippen LogP contribution in [0, 0.1) is 5.92 Å². The molecule has 1 saturated heterocycles. The minimum absolute atomic E-state index is 0.376. The Hall–Kier alpha value is -0.900. The van der Waals surface area contributed by atoms with Crippen molar-refractivity contribution in [2.75, 3.05) is 19.7 Å². The average molecular weight is 260 g/mol. The van der Waals surface area contributed by atoms with Crippen molar-refractivity contribution in [3.63, 3.8) is 0 Å². The molecule has 0 aromatic heterocycles. The largest absolute Gasteiger partial charge is 0.375 e. The fraction of sp³-hybridized carbons (Fsp3) is 0.625. The number of ether oxygens (including phenoxy) is 1. The quantitative estimate of drug-likeness (QED) is 0.887. The van der Waals surface area contributed by atoms with Gasteiger partial charge in [0.1, 0.15) is 0 Å². The second-order valence-electron chi connectivity index (χ2n) is 5.85. The minimum Gasteiger partial charge on any atom is -0.375 e. The molecule has 0 aliphatic carbocycles. The molecule has 19 heavy (non-hydrogen) atoms. The lowest BCUT2D eigenvalue weighted by atomic mass is 9.88. The van der Waals surface area contributed by atoms with Gasteiger partial charge in [0.15, 0.2) is 0 Å². The van der Waals surface area contributed by atoms with Gasteiger partial charge in [0, 0.05) is 19.1 Å². The van der Waals surface area contributed by atoms with Gasteiger partial charge in [0.05, 0.1) is 19.3 Å². The second kappa shape index (κ2) is 5.61. The van der Waals surface area contributed by atoms with E-state index in [0.29, 0.717) is 18.0 Å². The summed E-state index contributed by atoms with van der Waals surface area (Å²) in [6.07, 6.45) is 2.28. The standard InChI is InChI=1S/C16H24N2O/c1-2-12-9-18(8-7-15(12)17)16-11-19-10-13-5-3-4-6-14(13)16/h3-6,12,15-16H,2,7-11,17H2,1H3. The second-order valence-corrected chi connectivity index (χ2v) is 5.85. The molecule has 2 heterocycles. The summed E-state index contributed by atoms with van der Waals surface area (Å²) in [4.78, 5) is 2.58. The Morgan fingerprint density at radius 3 is 3.05 bits per heavy atom. The molecule has 3 rings (SSSR count). The first-order valence-electron chi connectivity index (χ1n) is 7.44. The zero-order valence-corrected chi connectivity index (χ0v) is 11.7. The highest BCUT2D eigenvalue weighted by atomic mass is 16.5. The van der Waals surface area contributed by atoms with E-state index in [1.165, 1.54) is 17.5 Å². The number of piperidine rings is 1. The Kier molecular flexibility index (Phi) is 3.87. The number of fused-ring (bicyclic) bond motifs is 1. The molecule has 0 amide bonds. The van der Waals surface area contributed by atoms with Gasteiger partial charge < -0.3 is 10.5 Å². The molecule has 1 fully saturated rings. The van der Waals surface area contributed by atoms with E-state index in [2.05, 4.69) is 36.1 Å². The molecule has 1 aromatic carbocycles. The number of hydrogen-bond donors (Lipinski definition) is 1. The number of rotatable bonds is 2. The van der Waals surface area contributed by atoms with Crippen molar-refractivity contribution >= 4 is 0 Å². The zero-order chi connectivity index (χ0) is 13.2. The van der Waals surface area contributed by atoms with Crippen molar-refractivity contribution < 1.29 is 4.74 Å². The summed E-state index contributed by atoms with van der Waals surface area (Å²) in [6.45, 7) is 6.04. The van der Waals surface area contributed by atoms with Gasteiger partial charge in [-0.25, -0.2) is 0 Å². The molecule has 0 spiro atoms. The van der Waals surface area contributed by atoms with E-state index in [0.717, 1.165) is 32.7 Å². The van der Waals surface area contributed by atoms with Crippen LogP contribution in [-0.2, 0) is 11.3 Å². The van der Waals surface area contributed by atoms with Crippen LogP contribution in [0.15, 0.2) is 24.3 Å². The van der Waals surface area contributed by atoms with Crippen molar-refractivity contribution in [2.45, 2.75) is 38.5 Å². The normalized spacial score (nSPS) is 32.0. The Balaban J connectivity index is 1.80. The van der Waals surface area contributed by atoms with Crippen LogP contribution < -0.4 is 5.73 Å². The van der Waals surface area contributed by atoms with Crippen LogP contribution >= 0.6 is 0 Å². The lowest BCUT2D eigenvalue weighted by Crippen LogP contribution is -2.49. The van der Waals surface area contributed by atoms with E-state index in [-0.39, 0.29) is 0 Å². The lowest BCUT2D eigenvalue weighted by Gasteiger charge is -2.42. The topological polar surface area (TPSA) is 38.5 Å². The van der Waals surface area contributed by atoms with Crippen LogP contribution in [0.2, 0.25) is 0 Å². The number of likely N-dealkylation sites (tertiary alicyclic amines) is 1. The summed E-state index contributed by atoms with van der Waals surface area (Å²) in [7, 11) is 0. The molecule has 3 unspecified atom stereocenters. The van der Waals surface area contributed by atoms with E-state index >= 15 is 0 Å². The Bertz CT molecular complexity index is 435. The molecule has 2 aliphatic rings. The van der Waals surface area contributed by atoms with Gasteiger partial charge in [-0.15, -0.1) is 0 Å². The molecule has 0 saturated carbocycles. The summed E-state index contributed by atoms with van der Waals surface area (Å²) in [5.41, 5.74) is 9.02. The first kappa shape index (κ1) is 13.1. The maximum atomic E-state index is 6.22. The summed E-state index contributed by atoms with van der Waals surface area (Å²) in [6, 6.07) is 9.50. The number of nitrogens with zero attached hydrogens (tertiary/aromatic N) is 1. The highest BCUT2D eigenvalue weighted by molar-refractivity contribution is 5.31. The third-order valence-electron chi connectivity index (χ3n) is 4.74. The van der Waals surface area contributed by atoms with E-state index in [9.17, 15) is 0 Å². The maximum absolute atomic E-state index is 6.22.